The second kappa shape index (κ2) is 3.19. The van der Waals surface area contributed by atoms with E-state index in [4.69, 9.17) is 4.42 Å². The van der Waals surface area contributed by atoms with Gasteiger partial charge in [0.05, 0.1) is 0 Å². The molecule has 0 radical (unpaired) electrons. The molecule has 2 heteroatoms. The predicted octanol–water partition coefficient (Wildman–Crippen LogP) is 2.95. The maximum absolute atomic E-state index is 5.28. The van der Waals surface area contributed by atoms with Crippen molar-refractivity contribution in [2.24, 2.45) is 4.99 Å². The van der Waals surface area contributed by atoms with Crippen LogP contribution >= 0.6 is 0 Å². The highest BCUT2D eigenvalue weighted by Crippen LogP contribution is 2.23. The Morgan fingerprint density at radius 1 is 1.64 bits per heavy atom. The Labute approximate surface area is 66.3 Å². The van der Waals surface area contributed by atoms with Gasteiger partial charge in [-0.05, 0) is 19.9 Å². The largest absolute Gasteiger partial charge is 0.443 e. The molecule has 0 aromatic carbocycles. The number of hydrogen-bond donors (Lipinski definition) is 0. The van der Waals surface area contributed by atoms with Gasteiger partial charge in [0.25, 0.3) is 0 Å². The minimum atomic E-state index is 0.639. The summed E-state index contributed by atoms with van der Waals surface area (Å²) in [4.78, 5) is 4.04. The average Bonchev–Trinajstić information content (AvgIpc) is 2.32. The number of nitrogens with zero attached hydrogens (tertiary/aromatic N) is 1. The first-order chi connectivity index (χ1) is 5.27. The lowest BCUT2D eigenvalue weighted by Crippen LogP contribution is -1.63. The molecule has 2 nitrogen and oxygen atoms in total. The standard InChI is InChI=1S/C9H11NO/c1-4-8-6-7(3)11-9(8)10-5-2/h4-6H,1H2,2-3H3/b10-5-. The molecule has 0 aliphatic carbocycles. The fourth-order valence-electron chi connectivity index (χ4n) is 0.886. The minimum Gasteiger partial charge on any atom is -0.443 e. The van der Waals surface area contributed by atoms with Crippen LogP contribution in [0.25, 0.3) is 6.08 Å². The second-order valence-corrected chi connectivity index (χ2v) is 2.21. The van der Waals surface area contributed by atoms with Gasteiger partial charge in [-0.3, -0.25) is 0 Å². The minimum absolute atomic E-state index is 0.639. The van der Waals surface area contributed by atoms with Crippen LogP contribution in [0.5, 0.6) is 0 Å². The Kier molecular flexibility index (Phi) is 2.26. The smallest absolute Gasteiger partial charge is 0.225 e. The van der Waals surface area contributed by atoms with E-state index < -0.39 is 0 Å². The third-order valence-corrected chi connectivity index (χ3v) is 1.33. The summed E-state index contributed by atoms with van der Waals surface area (Å²) in [5.74, 6) is 1.50. The number of aryl methyl sites for hydroxylation is 1. The quantitative estimate of drug-likeness (QED) is 0.593. The highest BCUT2D eigenvalue weighted by Gasteiger charge is 2.02. The summed E-state index contributed by atoms with van der Waals surface area (Å²) in [6, 6.07) is 1.91. The summed E-state index contributed by atoms with van der Waals surface area (Å²) < 4.78 is 5.28. The molecule has 1 rings (SSSR count). The van der Waals surface area contributed by atoms with Crippen molar-refractivity contribution in [2.75, 3.05) is 0 Å². The predicted molar refractivity (Wildman–Crippen MR) is 47.4 cm³/mol. The van der Waals surface area contributed by atoms with Gasteiger partial charge in [0.2, 0.25) is 5.88 Å². The molecule has 0 N–H and O–H groups in total. The molecule has 0 spiro atoms. The first kappa shape index (κ1) is 7.79. The van der Waals surface area contributed by atoms with Gasteiger partial charge in [0.15, 0.2) is 0 Å². The highest BCUT2D eigenvalue weighted by atomic mass is 16.4. The Morgan fingerprint density at radius 3 is 2.91 bits per heavy atom. The van der Waals surface area contributed by atoms with E-state index >= 15 is 0 Å². The zero-order chi connectivity index (χ0) is 8.27. The van der Waals surface area contributed by atoms with Gasteiger partial charge < -0.3 is 4.42 Å². The van der Waals surface area contributed by atoms with Crippen LogP contribution in [0.2, 0.25) is 0 Å². The molecule has 0 fully saturated rings. The van der Waals surface area contributed by atoms with Crippen LogP contribution in [0, 0.1) is 6.92 Å². The van der Waals surface area contributed by atoms with Crippen molar-refractivity contribution in [2.45, 2.75) is 13.8 Å². The fraction of sp³-hybridized carbons (Fsp3) is 0.222. The van der Waals surface area contributed by atoms with Crippen molar-refractivity contribution in [3.63, 3.8) is 0 Å². The molecule has 0 aliphatic rings. The summed E-state index contributed by atoms with van der Waals surface area (Å²) in [6.07, 6.45) is 3.43. The van der Waals surface area contributed by atoms with Gasteiger partial charge in [0.1, 0.15) is 5.76 Å². The van der Waals surface area contributed by atoms with Crippen LogP contribution in [-0.2, 0) is 0 Å². The van der Waals surface area contributed by atoms with E-state index in [-0.39, 0.29) is 0 Å². The number of aliphatic imine (C=N–C) groups is 1. The lowest BCUT2D eigenvalue weighted by molar-refractivity contribution is 0.544. The fourth-order valence-corrected chi connectivity index (χ4v) is 0.886. The molecule has 0 saturated carbocycles. The lowest BCUT2D eigenvalue weighted by Gasteiger charge is -1.85. The first-order valence-electron chi connectivity index (χ1n) is 3.49. The molecule has 0 bridgehead atoms. The zero-order valence-corrected chi connectivity index (χ0v) is 6.79. The van der Waals surface area contributed by atoms with E-state index in [1.54, 1.807) is 12.3 Å². The van der Waals surface area contributed by atoms with E-state index in [9.17, 15) is 0 Å². The van der Waals surface area contributed by atoms with Gasteiger partial charge in [-0.25, -0.2) is 4.99 Å². The van der Waals surface area contributed by atoms with Crippen molar-refractivity contribution in [3.8, 4) is 0 Å². The van der Waals surface area contributed by atoms with E-state index in [2.05, 4.69) is 11.6 Å². The highest BCUT2D eigenvalue weighted by molar-refractivity contribution is 5.65. The molecular weight excluding hydrogens is 138 g/mol. The monoisotopic (exact) mass is 149 g/mol. The molecule has 1 heterocycles. The summed E-state index contributed by atoms with van der Waals surface area (Å²) in [5.41, 5.74) is 0.945. The SMILES string of the molecule is C=Cc1cc(C)oc1/N=C\C. The van der Waals surface area contributed by atoms with Crippen LogP contribution in [0.15, 0.2) is 22.1 Å². The summed E-state index contributed by atoms with van der Waals surface area (Å²) in [7, 11) is 0. The Balaban J connectivity index is 3.11. The third-order valence-electron chi connectivity index (χ3n) is 1.33. The van der Waals surface area contributed by atoms with Crippen molar-refractivity contribution in [1.29, 1.82) is 0 Å². The number of rotatable bonds is 2. The molecule has 1 aromatic heterocycles. The maximum atomic E-state index is 5.28. The first-order valence-corrected chi connectivity index (χ1v) is 3.49. The van der Waals surface area contributed by atoms with Crippen LogP contribution < -0.4 is 0 Å². The van der Waals surface area contributed by atoms with E-state index in [0.717, 1.165) is 11.3 Å². The zero-order valence-electron chi connectivity index (χ0n) is 6.79. The molecule has 0 saturated heterocycles. The molecule has 11 heavy (non-hydrogen) atoms. The van der Waals surface area contributed by atoms with Gasteiger partial charge in [-0.2, -0.15) is 0 Å². The molecule has 0 unspecified atom stereocenters. The van der Waals surface area contributed by atoms with E-state index in [1.807, 2.05) is 19.9 Å². The normalized spacial score (nSPS) is 10.7. The number of furan rings is 1. The Bertz CT molecular complexity index is 284. The van der Waals surface area contributed by atoms with Gasteiger partial charge in [-0.15, -0.1) is 0 Å². The van der Waals surface area contributed by atoms with Crippen LogP contribution in [0.4, 0.5) is 5.88 Å². The molecule has 0 amide bonds. The molecule has 58 valence electrons. The summed E-state index contributed by atoms with van der Waals surface area (Å²) >= 11 is 0. The Morgan fingerprint density at radius 2 is 2.36 bits per heavy atom. The van der Waals surface area contributed by atoms with Crippen molar-refractivity contribution < 1.29 is 4.42 Å². The van der Waals surface area contributed by atoms with Gasteiger partial charge in [0, 0.05) is 11.8 Å². The molecule has 0 atom stereocenters. The lowest BCUT2D eigenvalue weighted by atomic mass is 10.3. The second-order valence-electron chi connectivity index (χ2n) is 2.21. The summed E-state index contributed by atoms with van der Waals surface area (Å²) in [5, 5.41) is 0. The van der Waals surface area contributed by atoms with Crippen molar-refractivity contribution in [1.82, 2.24) is 0 Å². The van der Waals surface area contributed by atoms with Crippen LogP contribution in [0.3, 0.4) is 0 Å². The van der Waals surface area contributed by atoms with Crippen LogP contribution in [0.1, 0.15) is 18.2 Å². The van der Waals surface area contributed by atoms with Gasteiger partial charge in [-0.1, -0.05) is 12.7 Å². The summed E-state index contributed by atoms with van der Waals surface area (Å²) in [6.45, 7) is 7.40. The average molecular weight is 149 g/mol. The Hall–Kier alpha value is -1.31. The topological polar surface area (TPSA) is 25.5 Å². The number of hydrogen-bond acceptors (Lipinski definition) is 2. The third kappa shape index (κ3) is 1.58. The molecule has 0 aliphatic heterocycles. The molecule has 1 aromatic rings. The van der Waals surface area contributed by atoms with E-state index in [1.165, 1.54) is 0 Å². The molecular formula is C9H11NO. The van der Waals surface area contributed by atoms with Crippen molar-refractivity contribution in [3.05, 3.63) is 24.0 Å². The van der Waals surface area contributed by atoms with Crippen molar-refractivity contribution >= 4 is 18.2 Å². The van der Waals surface area contributed by atoms with E-state index in [0.29, 0.717) is 5.88 Å². The van der Waals surface area contributed by atoms with Crippen LogP contribution in [-0.4, -0.2) is 6.21 Å². The van der Waals surface area contributed by atoms with Gasteiger partial charge >= 0.3 is 0 Å². The maximum Gasteiger partial charge on any atom is 0.225 e.